The number of likely N-dealkylation sites (N-methyl/N-ethyl adjacent to an activating group) is 1. The van der Waals surface area contributed by atoms with E-state index in [0.29, 0.717) is 13.0 Å². The molecule has 84 valence electrons. The van der Waals surface area contributed by atoms with Gasteiger partial charge in [-0.1, -0.05) is 0 Å². The molecule has 0 spiro atoms. The van der Waals surface area contributed by atoms with E-state index in [9.17, 15) is 9.59 Å². The molecule has 2 N–H and O–H groups in total. The molecule has 0 unspecified atom stereocenters. The Balaban J connectivity index is 3.56. The summed E-state index contributed by atoms with van der Waals surface area (Å²) in [6, 6.07) is 1.94. The molecular formula is C9H15N3O3. The smallest absolute Gasteiger partial charge is 0.304 e. The van der Waals surface area contributed by atoms with E-state index >= 15 is 0 Å². The summed E-state index contributed by atoms with van der Waals surface area (Å²) < 4.78 is 0. The number of hydrogen-bond donors (Lipinski definition) is 2. The number of amides is 1. The third-order valence-electron chi connectivity index (χ3n) is 1.78. The average Bonchev–Trinajstić information content (AvgIpc) is 2.20. The molecule has 0 fully saturated rings. The zero-order valence-corrected chi connectivity index (χ0v) is 8.69. The van der Waals surface area contributed by atoms with E-state index in [1.165, 1.54) is 4.90 Å². The maximum absolute atomic E-state index is 11.3. The Bertz CT molecular complexity index is 260. The number of carbonyl (C=O) groups is 2. The van der Waals surface area contributed by atoms with Gasteiger partial charge in [0.2, 0.25) is 5.91 Å². The van der Waals surface area contributed by atoms with Crippen molar-refractivity contribution in [2.45, 2.75) is 12.8 Å². The summed E-state index contributed by atoms with van der Waals surface area (Å²) in [5, 5.41) is 19.4. The van der Waals surface area contributed by atoms with E-state index in [4.69, 9.17) is 10.4 Å². The molecular weight excluding hydrogens is 198 g/mol. The Morgan fingerprint density at radius 2 is 2.20 bits per heavy atom. The first-order valence-electron chi connectivity index (χ1n) is 4.61. The van der Waals surface area contributed by atoms with Crippen LogP contribution in [0.2, 0.25) is 0 Å². The first kappa shape index (κ1) is 13.4. The molecule has 1 amide bonds. The van der Waals surface area contributed by atoms with Crippen molar-refractivity contribution in [3.8, 4) is 6.07 Å². The molecule has 0 aliphatic carbocycles. The molecule has 0 aromatic carbocycles. The van der Waals surface area contributed by atoms with Crippen LogP contribution in [0.15, 0.2) is 0 Å². The maximum atomic E-state index is 11.3. The lowest BCUT2D eigenvalue weighted by atomic mass is 10.4. The summed E-state index contributed by atoms with van der Waals surface area (Å²) in [6.07, 6.45) is 0.298. The second kappa shape index (κ2) is 7.76. The zero-order valence-electron chi connectivity index (χ0n) is 8.69. The van der Waals surface area contributed by atoms with Crippen molar-refractivity contribution < 1.29 is 14.7 Å². The molecule has 6 nitrogen and oxygen atoms in total. The van der Waals surface area contributed by atoms with Crippen LogP contribution in [0.4, 0.5) is 0 Å². The van der Waals surface area contributed by atoms with Crippen LogP contribution < -0.4 is 5.32 Å². The summed E-state index contributed by atoms with van der Waals surface area (Å²) >= 11 is 0. The first-order valence-corrected chi connectivity index (χ1v) is 4.61. The lowest BCUT2D eigenvalue weighted by molar-refractivity contribution is -0.137. The number of aliphatic carboxylic acids is 1. The van der Waals surface area contributed by atoms with Crippen molar-refractivity contribution in [2.75, 3.05) is 26.7 Å². The van der Waals surface area contributed by atoms with Gasteiger partial charge >= 0.3 is 5.97 Å². The van der Waals surface area contributed by atoms with Crippen LogP contribution in [0, 0.1) is 11.3 Å². The lowest BCUT2D eigenvalue weighted by Gasteiger charge is -2.15. The molecule has 0 aliphatic rings. The number of hydrogen-bond acceptors (Lipinski definition) is 4. The number of nitriles is 1. The Labute approximate surface area is 88.5 Å². The topological polar surface area (TPSA) is 93.4 Å². The molecule has 0 rings (SSSR count). The first-order chi connectivity index (χ1) is 7.07. The van der Waals surface area contributed by atoms with Crippen molar-refractivity contribution in [2.24, 2.45) is 0 Å². The van der Waals surface area contributed by atoms with Gasteiger partial charge in [0, 0.05) is 20.1 Å². The van der Waals surface area contributed by atoms with E-state index in [1.54, 1.807) is 7.05 Å². The summed E-state index contributed by atoms with van der Waals surface area (Å²) in [5.41, 5.74) is 0. The summed E-state index contributed by atoms with van der Waals surface area (Å²) in [5.74, 6) is -1.04. The molecule has 0 radical (unpaired) electrons. The van der Waals surface area contributed by atoms with Crippen LogP contribution in [0.5, 0.6) is 0 Å². The quantitative estimate of drug-likeness (QED) is 0.552. The van der Waals surface area contributed by atoms with Crippen molar-refractivity contribution >= 4 is 11.9 Å². The van der Waals surface area contributed by atoms with Gasteiger partial charge in [0.15, 0.2) is 0 Å². The van der Waals surface area contributed by atoms with Crippen LogP contribution in [-0.2, 0) is 9.59 Å². The standard InChI is InChI=1S/C9H15N3O3/c1-12(6-2-4-10)8(13)7-11-5-3-9(14)15/h11H,2-3,5-7H2,1H3,(H,14,15). The normalized spacial score (nSPS) is 9.33. The van der Waals surface area contributed by atoms with Gasteiger partial charge in [-0.05, 0) is 0 Å². The summed E-state index contributed by atoms with van der Waals surface area (Å²) in [7, 11) is 1.61. The Kier molecular flexibility index (Phi) is 6.93. The van der Waals surface area contributed by atoms with Gasteiger partial charge < -0.3 is 15.3 Å². The van der Waals surface area contributed by atoms with Crippen molar-refractivity contribution in [1.29, 1.82) is 5.26 Å². The molecule has 0 heterocycles. The van der Waals surface area contributed by atoms with E-state index in [2.05, 4.69) is 5.32 Å². The lowest BCUT2D eigenvalue weighted by Crippen LogP contribution is -2.36. The van der Waals surface area contributed by atoms with Gasteiger partial charge in [-0.2, -0.15) is 5.26 Å². The Morgan fingerprint density at radius 1 is 1.53 bits per heavy atom. The van der Waals surface area contributed by atoms with E-state index in [-0.39, 0.29) is 25.4 Å². The van der Waals surface area contributed by atoms with Gasteiger partial charge in [0.25, 0.3) is 0 Å². The Morgan fingerprint density at radius 3 is 2.73 bits per heavy atom. The van der Waals surface area contributed by atoms with Crippen molar-refractivity contribution in [3.05, 3.63) is 0 Å². The third-order valence-corrected chi connectivity index (χ3v) is 1.78. The highest BCUT2D eigenvalue weighted by molar-refractivity contribution is 5.78. The maximum Gasteiger partial charge on any atom is 0.304 e. The minimum Gasteiger partial charge on any atom is -0.481 e. The molecule has 0 aromatic rings. The average molecular weight is 213 g/mol. The Hall–Kier alpha value is -1.61. The number of nitrogens with one attached hydrogen (secondary N) is 1. The molecule has 15 heavy (non-hydrogen) atoms. The van der Waals surface area contributed by atoms with E-state index in [1.807, 2.05) is 6.07 Å². The van der Waals surface area contributed by atoms with E-state index in [0.717, 1.165) is 0 Å². The second-order valence-corrected chi connectivity index (χ2v) is 3.04. The second-order valence-electron chi connectivity index (χ2n) is 3.04. The predicted octanol–water partition coefficient (Wildman–Crippen LogP) is -0.577. The fourth-order valence-electron chi connectivity index (χ4n) is 0.868. The minimum absolute atomic E-state index is 0.00477. The fraction of sp³-hybridized carbons (Fsp3) is 0.667. The minimum atomic E-state index is -0.896. The summed E-state index contributed by atoms with van der Waals surface area (Å²) in [4.78, 5) is 22.9. The highest BCUT2D eigenvalue weighted by atomic mass is 16.4. The fourth-order valence-corrected chi connectivity index (χ4v) is 0.868. The van der Waals surface area contributed by atoms with Gasteiger partial charge in [0.1, 0.15) is 0 Å². The molecule has 6 heteroatoms. The third kappa shape index (κ3) is 7.46. The van der Waals surface area contributed by atoms with Gasteiger partial charge in [-0.15, -0.1) is 0 Å². The molecule has 0 saturated heterocycles. The highest BCUT2D eigenvalue weighted by Crippen LogP contribution is 1.87. The zero-order chi connectivity index (χ0) is 11.7. The molecule has 0 atom stereocenters. The van der Waals surface area contributed by atoms with Crippen LogP contribution in [0.25, 0.3) is 0 Å². The molecule has 0 aromatic heterocycles. The summed E-state index contributed by atoms with van der Waals surface area (Å²) in [6.45, 7) is 0.776. The van der Waals surface area contributed by atoms with Crippen LogP contribution in [-0.4, -0.2) is 48.6 Å². The van der Waals surface area contributed by atoms with Gasteiger partial charge in [-0.3, -0.25) is 9.59 Å². The molecule has 0 saturated carbocycles. The number of nitrogens with zero attached hydrogens (tertiary/aromatic N) is 2. The number of carboxylic acid groups (broad SMARTS) is 1. The van der Waals surface area contributed by atoms with Crippen LogP contribution in [0.1, 0.15) is 12.8 Å². The highest BCUT2D eigenvalue weighted by Gasteiger charge is 2.07. The van der Waals surface area contributed by atoms with Crippen molar-refractivity contribution in [3.63, 3.8) is 0 Å². The van der Waals surface area contributed by atoms with Crippen LogP contribution >= 0.6 is 0 Å². The predicted molar refractivity (Wildman–Crippen MR) is 53.0 cm³/mol. The largest absolute Gasteiger partial charge is 0.481 e. The number of carbonyl (C=O) groups excluding carboxylic acids is 1. The van der Waals surface area contributed by atoms with Crippen LogP contribution in [0.3, 0.4) is 0 Å². The SMILES string of the molecule is CN(CCC#N)C(=O)CNCCC(=O)O. The number of carboxylic acids is 1. The molecule has 0 aliphatic heterocycles. The van der Waals surface area contributed by atoms with Gasteiger partial charge in [-0.25, -0.2) is 0 Å². The van der Waals surface area contributed by atoms with Crippen molar-refractivity contribution in [1.82, 2.24) is 10.2 Å². The van der Waals surface area contributed by atoms with Gasteiger partial charge in [0.05, 0.1) is 25.5 Å². The molecule has 0 bridgehead atoms. The van der Waals surface area contributed by atoms with E-state index < -0.39 is 5.97 Å². The monoisotopic (exact) mass is 213 g/mol. The number of rotatable bonds is 7.